The average Bonchev–Trinajstić information content (AvgIpc) is 2.40. The number of rotatable bonds is 5. The summed E-state index contributed by atoms with van der Waals surface area (Å²) in [5.41, 5.74) is 5.84. The molecule has 1 aromatic carbocycles. The van der Waals surface area contributed by atoms with Gasteiger partial charge in [0.15, 0.2) is 5.97 Å². The minimum Gasteiger partial charge on any atom is -0.539 e. The SMILES string of the molecule is CC(=O)N[NH2+]CCCc1ccccc1.O=C([O-])C(=O)O. The molecule has 1 amide bonds. The number of carboxylic acids is 2. The summed E-state index contributed by atoms with van der Waals surface area (Å²) in [6, 6.07) is 10.4. The van der Waals surface area contributed by atoms with Crippen molar-refractivity contribution in [3.63, 3.8) is 0 Å². The summed E-state index contributed by atoms with van der Waals surface area (Å²) in [6.07, 6.45) is 2.14. The molecule has 1 aromatic rings. The Morgan fingerprint density at radius 2 is 1.80 bits per heavy atom. The van der Waals surface area contributed by atoms with Gasteiger partial charge in [0.25, 0.3) is 5.91 Å². The maximum atomic E-state index is 10.5. The molecule has 0 radical (unpaired) electrons. The Morgan fingerprint density at radius 3 is 2.25 bits per heavy atom. The second-order valence-corrected chi connectivity index (χ2v) is 3.88. The number of amides is 1. The van der Waals surface area contributed by atoms with Gasteiger partial charge in [-0.05, 0) is 12.0 Å². The van der Waals surface area contributed by atoms with Crippen molar-refractivity contribution in [2.24, 2.45) is 0 Å². The summed E-state index contributed by atoms with van der Waals surface area (Å²) in [4.78, 5) is 28.6. The predicted octanol–water partition coefficient (Wildman–Crippen LogP) is -1.95. The molecule has 0 aliphatic rings. The smallest absolute Gasteiger partial charge is 0.351 e. The fourth-order valence-electron chi connectivity index (χ4n) is 1.27. The summed E-state index contributed by atoms with van der Waals surface area (Å²) < 4.78 is 0. The standard InChI is InChI=1S/C11H16N2O.C2H2O4/c1-10(14)13-12-9-5-8-11-6-3-2-4-7-11;3-1(4)2(5)6/h2-4,6-7,12H,5,8-9H2,1H3,(H,13,14);(H,3,4)(H,5,6). The van der Waals surface area contributed by atoms with Crippen LogP contribution in [0.4, 0.5) is 0 Å². The number of quaternary nitrogens is 1. The Kier molecular flexibility index (Phi) is 9.24. The van der Waals surface area contributed by atoms with E-state index >= 15 is 0 Å². The molecule has 0 aliphatic heterocycles. The predicted molar refractivity (Wildman–Crippen MR) is 68.0 cm³/mol. The maximum Gasteiger partial charge on any atom is 0.351 e. The van der Waals surface area contributed by atoms with Gasteiger partial charge >= 0.3 is 5.97 Å². The number of nitrogens with two attached hydrogens (primary N) is 1. The van der Waals surface area contributed by atoms with Crippen molar-refractivity contribution in [3.05, 3.63) is 35.9 Å². The Hall–Kier alpha value is -2.41. The molecule has 7 heteroatoms. The van der Waals surface area contributed by atoms with Gasteiger partial charge in [-0.15, -0.1) is 0 Å². The second-order valence-electron chi connectivity index (χ2n) is 3.88. The summed E-state index contributed by atoms with van der Waals surface area (Å²) in [7, 11) is 0. The zero-order valence-corrected chi connectivity index (χ0v) is 11.2. The van der Waals surface area contributed by atoms with E-state index in [1.54, 1.807) is 0 Å². The lowest BCUT2D eigenvalue weighted by molar-refractivity contribution is -0.698. The van der Waals surface area contributed by atoms with Crippen molar-refractivity contribution < 1.29 is 30.0 Å². The molecule has 0 aliphatic carbocycles. The monoisotopic (exact) mass is 282 g/mol. The molecule has 7 nitrogen and oxygen atoms in total. The molecular weight excluding hydrogens is 264 g/mol. The molecule has 0 saturated heterocycles. The molecule has 0 saturated carbocycles. The van der Waals surface area contributed by atoms with Crippen LogP contribution in [0.15, 0.2) is 30.3 Å². The van der Waals surface area contributed by atoms with Crippen LogP contribution in [-0.2, 0) is 20.8 Å². The van der Waals surface area contributed by atoms with Crippen molar-refractivity contribution in [3.8, 4) is 0 Å². The Bertz CT molecular complexity index is 422. The quantitative estimate of drug-likeness (QED) is 0.190. The van der Waals surface area contributed by atoms with Gasteiger partial charge in [-0.1, -0.05) is 30.3 Å². The van der Waals surface area contributed by atoms with Crippen LogP contribution in [-0.4, -0.2) is 29.5 Å². The van der Waals surface area contributed by atoms with Gasteiger partial charge in [-0.25, -0.2) is 15.6 Å². The molecule has 0 spiro atoms. The molecule has 0 heterocycles. The fraction of sp³-hybridized carbons (Fsp3) is 0.308. The summed E-state index contributed by atoms with van der Waals surface area (Å²) >= 11 is 0. The molecule has 0 atom stereocenters. The Balaban J connectivity index is 0.000000511. The summed E-state index contributed by atoms with van der Waals surface area (Å²) in [5, 5.41) is 16.3. The Morgan fingerprint density at radius 1 is 1.25 bits per heavy atom. The third-order valence-corrected chi connectivity index (χ3v) is 2.14. The van der Waals surface area contributed by atoms with Gasteiger partial charge < -0.3 is 15.0 Å². The van der Waals surface area contributed by atoms with E-state index in [0.29, 0.717) is 0 Å². The number of carbonyl (C=O) groups excluding carboxylic acids is 2. The van der Waals surface area contributed by atoms with Crippen LogP contribution in [0.2, 0.25) is 0 Å². The van der Waals surface area contributed by atoms with Crippen LogP contribution in [0.3, 0.4) is 0 Å². The van der Waals surface area contributed by atoms with Gasteiger partial charge in [0.1, 0.15) is 0 Å². The number of hydrogen-bond donors (Lipinski definition) is 3. The second kappa shape index (κ2) is 10.5. The first-order chi connectivity index (χ1) is 9.43. The van der Waals surface area contributed by atoms with Gasteiger partial charge in [0.05, 0.1) is 6.54 Å². The minimum absolute atomic E-state index is 0.00436. The third kappa shape index (κ3) is 10.7. The highest BCUT2D eigenvalue weighted by Crippen LogP contribution is 2.00. The normalized spacial score (nSPS) is 9.05. The van der Waals surface area contributed by atoms with Crippen molar-refractivity contribution in [1.82, 2.24) is 5.43 Å². The van der Waals surface area contributed by atoms with E-state index in [0.717, 1.165) is 19.4 Å². The topological polar surface area (TPSA) is 123 Å². The van der Waals surface area contributed by atoms with E-state index in [1.807, 2.05) is 23.6 Å². The van der Waals surface area contributed by atoms with Crippen LogP contribution in [0.1, 0.15) is 18.9 Å². The first-order valence-electron chi connectivity index (χ1n) is 6.00. The zero-order chi connectivity index (χ0) is 15.4. The molecule has 20 heavy (non-hydrogen) atoms. The minimum atomic E-state index is -2.07. The number of nitrogens with one attached hydrogen (secondary N) is 1. The number of carboxylic acid groups (broad SMARTS) is 2. The highest BCUT2D eigenvalue weighted by Gasteiger charge is 1.95. The molecule has 4 N–H and O–H groups in total. The van der Waals surface area contributed by atoms with Gasteiger partial charge in [0.2, 0.25) is 0 Å². The molecular formula is C13H18N2O5. The molecule has 0 aromatic heterocycles. The van der Waals surface area contributed by atoms with Crippen molar-refractivity contribution in [2.75, 3.05) is 6.54 Å². The molecule has 1 rings (SSSR count). The molecule has 110 valence electrons. The summed E-state index contributed by atoms with van der Waals surface area (Å²) in [6.45, 7) is 2.45. The zero-order valence-electron chi connectivity index (χ0n) is 11.2. The number of carbonyl (C=O) groups is 3. The third-order valence-electron chi connectivity index (χ3n) is 2.14. The van der Waals surface area contributed by atoms with E-state index in [9.17, 15) is 4.79 Å². The van der Waals surface area contributed by atoms with Crippen LogP contribution in [0, 0.1) is 0 Å². The molecule has 0 fully saturated rings. The number of hydrogen-bond acceptors (Lipinski definition) is 4. The highest BCUT2D eigenvalue weighted by molar-refractivity contribution is 6.26. The summed E-state index contributed by atoms with van der Waals surface area (Å²) in [5.74, 6) is -4.00. The van der Waals surface area contributed by atoms with Gasteiger partial charge in [-0.2, -0.15) is 0 Å². The van der Waals surface area contributed by atoms with Gasteiger partial charge in [0, 0.05) is 13.3 Å². The van der Waals surface area contributed by atoms with Crippen LogP contribution < -0.4 is 16.0 Å². The van der Waals surface area contributed by atoms with Crippen LogP contribution >= 0.6 is 0 Å². The maximum absolute atomic E-state index is 10.5. The number of aryl methyl sites for hydroxylation is 1. The van der Waals surface area contributed by atoms with Crippen molar-refractivity contribution in [1.29, 1.82) is 0 Å². The largest absolute Gasteiger partial charge is 0.539 e. The van der Waals surface area contributed by atoms with Crippen LogP contribution in [0.25, 0.3) is 0 Å². The van der Waals surface area contributed by atoms with Crippen LogP contribution in [0.5, 0.6) is 0 Å². The molecule has 0 unspecified atom stereocenters. The lowest BCUT2D eigenvalue weighted by Crippen LogP contribution is -2.94. The first kappa shape index (κ1) is 17.6. The lowest BCUT2D eigenvalue weighted by atomic mass is 10.1. The molecule has 0 bridgehead atoms. The lowest BCUT2D eigenvalue weighted by Gasteiger charge is -2.01. The van der Waals surface area contributed by atoms with Crippen molar-refractivity contribution >= 4 is 17.8 Å². The fourth-order valence-corrected chi connectivity index (χ4v) is 1.27. The Labute approximate surface area is 116 Å². The van der Waals surface area contributed by atoms with Crippen molar-refractivity contribution in [2.45, 2.75) is 19.8 Å². The first-order valence-corrected chi connectivity index (χ1v) is 6.00. The van der Waals surface area contributed by atoms with Gasteiger partial charge in [-0.3, -0.25) is 4.79 Å². The number of aliphatic carboxylic acids is 2. The highest BCUT2D eigenvalue weighted by atomic mass is 16.4. The van der Waals surface area contributed by atoms with E-state index in [2.05, 4.69) is 17.6 Å². The van der Waals surface area contributed by atoms with E-state index in [-0.39, 0.29) is 5.91 Å². The average molecular weight is 282 g/mol. The van der Waals surface area contributed by atoms with E-state index in [4.69, 9.17) is 19.8 Å². The van der Waals surface area contributed by atoms with E-state index < -0.39 is 11.9 Å². The van der Waals surface area contributed by atoms with E-state index in [1.165, 1.54) is 12.5 Å². The number of benzene rings is 1.